The molecule has 1 saturated heterocycles. The van der Waals surface area contributed by atoms with Crippen molar-refractivity contribution in [3.05, 3.63) is 35.4 Å². The average molecular weight is 236 g/mol. The molecular weight excluding hydrogens is 214 g/mol. The Hall–Kier alpha value is -0.900. The Morgan fingerprint density at radius 2 is 1.82 bits per heavy atom. The molecule has 3 heteroatoms. The van der Waals surface area contributed by atoms with E-state index in [0.29, 0.717) is 0 Å². The van der Waals surface area contributed by atoms with E-state index in [1.165, 1.54) is 10.5 Å². The highest BCUT2D eigenvalue weighted by molar-refractivity contribution is 5.25. The van der Waals surface area contributed by atoms with Crippen LogP contribution in [0.25, 0.3) is 0 Å². The van der Waals surface area contributed by atoms with E-state index >= 15 is 0 Å². The number of aryl methyl sites for hydroxylation is 1. The molecule has 2 N–H and O–H groups in total. The fourth-order valence-corrected chi connectivity index (χ4v) is 2.34. The third kappa shape index (κ3) is 3.28. The number of quaternary nitrogens is 1. The second-order valence-corrected chi connectivity index (χ2v) is 5.18. The molecule has 1 aliphatic heterocycles. The number of rotatable bonds is 3. The molecule has 2 rings (SSSR count). The van der Waals surface area contributed by atoms with Crippen LogP contribution >= 0.6 is 0 Å². The minimum atomic E-state index is -0.750. The fourth-order valence-electron chi connectivity index (χ4n) is 2.34. The molecule has 0 saturated carbocycles. The maximum atomic E-state index is 10.6. The van der Waals surface area contributed by atoms with Crippen LogP contribution in [0, 0.1) is 6.92 Å². The summed E-state index contributed by atoms with van der Waals surface area (Å²) < 4.78 is 5.33. The Kier molecular flexibility index (Phi) is 3.82. The molecule has 1 fully saturated rings. The van der Waals surface area contributed by atoms with Crippen LogP contribution in [-0.2, 0) is 10.3 Å². The molecule has 1 aliphatic rings. The van der Waals surface area contributed by atoms with Gasteiger partial charge in [0, 0.05) is 0 Å². The van der Waals surface area contributed by atoms with Gasteiger partial charge in [0.05, 0.1) is 13.2 Å². The molecule has 0 aromatic heterocycles. The zero-order valence-corrected chi connectivity index (χ0v) is 10.7. The minimum Gasteiger partial charge on any atom is -0.380 e. The van der Waals surface area contributed by atoms with Crippen LogP contribution in [0.5, 0.6) is 0 Å². The summed E-state index contributed by atoms with van der Waals surface area (Å²) >= 11 is 0. The first-order valence-electron chi connectivity index (χ1n) is 6.29. The SMILES string of the molecule is Cc1ccc([C@@](C)(O)C[NH+]2CCOCC2)cc1. The van der Waals surface area contributed by atoms with Gasteiger partial charge in [-0.15, -0.1) is 0 Å². The third-order valence-electron chi connectivity index (χ3n) is 3.47. The Morgan fingerprint density at radius 3 is 2.41 bits per heavy atom. The van der Waals surface area contributed by atoms with E-state index in [-0.39, 0.29) is 0 Å². The second-order valence-electron chi connectivity index (χ2n) is 5.18. The molecule has 3 nitrogen and oxygen atoms in total. The van der Waals surface area contributed by atoms with E-state index < -0.39 is 5.60 Å². The lowest BCUT2D eigenvalue weighted by Crippen LogP contribution is -3.15. The second kappa shape index (κ2) is 5.17. The quantitative estimate of drug-likeness (QED) is 0.781. The molecule has 1 heterocycles. The molecule has 0 radical (unpaired) electrons. The van der Waals surface area contributed by atoms with Crippen molar-refractivity contribution in [1.29, 1.82) is 0 Å². The Balaban J connectivity index is 2.04. The fraction of sp³-hybridized carbons (Fsp3) is 0.571. The molecule has 0 spiro atoms. The molecule has 94 valence electrons. The minimum absolute atomic E-state index is 0.749. The van der Waals surface area contributed by atoms with E-state index in [1.54, 1.807) is 0 Å². The highest BCUT2D eigenvalue weighted by Crippen LogP contribution is 2.19. The monoisotopic (exact) mass is 236 g/mol. The van der Waals surface area contributed by atoms with E-state index in [0.717, 1.165) is 38.4 Å². The zero-order valence-electron chi connectivity index (χ0n) is 10.7. The van der Waals surface area contributed by atoms with Crippen LogP contribution in [0.1, 0.15) is 18.1 Å². The van der Waals surface area contributed by atoms with E-state index in [9.17, 15) is 5.11 Å². The summed E-state index contributed by atoms with van der Waals surface area (Å²) in [6.07, 6.45) is 0. The van der Waals surface area contributed by atoms with Crippen molar-refractivity contribution in [2.75, 3.05) is 32.8 Å². The highest BCUT2D eigenvalue weighted by atomic mass is 16.5. The van der Waals surface area contributed by atoms with Crippen molar-refractivity contribution in [2.45, 2.75) is 19.4 Å². The number of morpholine rings is 1. The number of nitrogens with one attached hydrogen (secondary N) is 1. The van der Waals surface area contributed by atoms with Crippen molar-refractivity contribution in [1.82, 2.24) is 0 Å². The predicted octanol–water partition coefficient (Wildman–Crippen LogP) is 0.118. The molecule has 17 heavy (non-hydrogen) atoms. The van der Waals surface area contributed by atoms with Crippen LogP contribution < -0.4 is 4.90 Å². The summed E-state index contributed by atoms with van der Waals surface area (Å²) in [6.45, 7) is 8.30. The Morgan fingerprint density at radius 1 is 1.24 bits per heavy atom. The van der Waals surface area contributed by atoms with Crippen molar-refractivity contribution >= 4 is 0 Å². The van der Waals surface area contributed by atoms with E-state index in [4.69, 9.17) is 4.74 Å². The van der Waals surface area contributed by atoms with Crippen LogP contribution in [0.3, 0.4) is 0 Å². The normalized spacial score (nSPS) is 21.1. The first-order valence-corrected chi connectivity index (χ1v) is 6.29. The number of benzene rings is 1. The van der Waals surface area contributed by atoms with Gasteiger partial charge in [-0.05, 0) is 19.4 Å². The van der Waals surface area contributed by atoms with Gasteiger partial charge in [0.25, 0.3) is 0 Å². The summed E-state index contributed by atoms with van der Waals surface area (Å²) in [5, 5.41) is 10.6. The zero-order chi connectivity index (χ0) is 12.3. The molecule has 1 atom stereocenters. The molecule has 0 amide bonds. The molecule has 0 bridgehead atoms. The third-order valence-corrected chi connectivity index (χ3v) is 3.47. The van der Waals surface area contributed by atoms with E-state index in [2.05, 4.69) is 19.1 Å². The summed E-state index contributed by atoms with van der Waals surface area (Å²) in [5.41, 5.74) is 1.48. The lowest BCUT2D eigenvalue weighted by molar-refractivity contribution is -0.915. The molecule has 0 aliphatic carbocycles. The number of hydrogen-bond acceptors (Lipinski definition) is 2. The lowest BCUT2D eigenvalue weighted by Gasteiger charge is -2.31. The Labute approximate surface area is 103 Å². The van der Waals surface area contributed by atoms with Gasteiger partial charge >= 0.3 is 0 Å². The first-order chi connectivity index (χ1) is 8.08. The van der Waals surface area contributed by atoms with Gasteiger partial charge in [-0.1, -0.05) is 29.8 Å². The van der Waals surface area contributed by atoms with Crippen LogP contribution in [0.4, 0.5) is 0 Å². The highest BCUT2D eigenvalue weighted by Gasteiger charge is 2.29. The number of aliphatic hydroxyl groups is 1. The molecule has 0 unspecified atom stereocenters. The van der Waals surface area contributed by atoms with Crippen LogP contribution in [0.2, 0.25) is 0 Å². The van der Waals surface area contributed by atoms with Crippen LogP contribution in [0.15, 0.2) is 24.3 Å². The van der Waals surface area contributed by atoms with Gasteiger partial charge in [-0.2, -0.15) is 0 Å². The standard InChI is InChI=1S/C14H21NO2/c1-12-3-5-13(6-4-12)14(2,16)11-15-7-9-17-10-8-15/h3-6,16H,7-11H2,1-2H3/p+1/t14-/m0/s1. The Bertz CT molecular complexity index is 353. The number of hydrogen-bond donors (Lipinski definition) is 2. The number of ether oxygens (including phenoxy) is 1. The summed E-state index contributed by atoms with van der Waals surface area (Å²) in [5.74, 6) is 0. The van der Waals surface area contributed by atoms with Crippen LogP contribution in [-0.4, -0.2) is 38.0 Å². The predicted molar refractivity (Wildman–Crippen MR) is 67.1 cm³/mol. The van der Waals surface area contributed by atoms with Gasteiger partial charge in [0.1, 0.15) is 25.2 Å². The van der Waals surface area contributed by atoms with Gasteiger partial charge in [-0.3, -0.25) is 0 Å². The maximum Gasteiger partial charge on any atom is 0.135 e. The van der Waals surface area contributed by atoms with Crippen molar-refractivity contribution < 1.29 is 14.7 Å². The van der Waals surface area contributed by atoms with Gasteiger partial charge in [-0.25, -0.2) is 0 Å². The van der Waals surface area contributed by atoms with Crippen molar-refractivity contribution in [3.63, 3.8) is 0 Å². The van der Waals surface area contributed by atoms with Crippen molar-refractivity contribution in [3.8, 4) is 0 Å². The first kappa shape index (κ1) is 12.6. The summed E-state index contributed by atoms with van der Waals surface area (Å²) in [7, 11) is 0. The topological polar surface area (TPSA) is 33.9 Å². The maximum absolute atomic E-state index is 10.6. The van der Waals surface area contributed by atoms with E-state index in [1.807, 2.05) is 19.1 Å². The smallest absolute Gasteiger partial charge is 0.135 e. The molecule has 1 aromatic carbocycles. The lowest BCUT2D eigenvalue weighted by atomic mass is 9.94. The largest absolute Gasteiger partial charge is 0.380 e. The summed E-state index contributed by atoms with van der Waals surface area (Å²) in [6, 6.07) is 8.15. The van der Waals surface area contributed by atoms with Gasteiger partial charge < -0.3 is 14.7 Å². The van der Waals surface area contributed by atoms with Crippen molar-refractivity contribution in [2.24, 2.45) is 0 Å². The summed E-state index contributed by atoms with van der Waals surface area (Å²) in [4.78, 5) is 1.42. The van der Waals surface area contributed by atoms with Gasteiger partial charge in [0.15, 0.2) is 0 Å². The molecule has 1 aromatic rings. The average Bonchev–Trinajstić information content (AvgIpc) is 2.30. The van der Waals surface area contributed by atoms with Gasteiger partial charge in [0.2, 0.25) is 0 Å². The molecular formula is C14H22NO2+.